The molecule has 24 heavy (non-hydrogen) atoms. The summed E-state index contributed by atoms with van der Waals surface area (Å²) in [6.07, 6.45) is -15.3. The van der Waals surface area contributed by atoms with Gasteiger partial charge < -0.3 is 54.8 Å². The zero-order valence-corrected chi connectivity index (χ0v) is 12.5. The molecule has 2 heterocycles. The van der Waals surface area contributed by atoms with Gasteiger partial charge in [0.1, 0.15) is 48.8 Å². The summed E-state index contributed by atoms with van der Waals surface area (Å²) in [5, 5.41) is 67.9. The average Bonchev–Trinajstić information content (AvgIpc) is 2.57. The summed E-state index contributed by atoms with van der Waals surface area (Å²) in [4.78, 5) is 4.35. The molecular weight excluding hydrogens is 334 g/mol. The van der Waals surface area contributed by atoms with Crippen LogP contribution < -0.4 is 5.90 Å². The predicted octanol–water partition coefficient (Wildman–Crippen LogP) is -5.50. The maximum Gasteiger partial charge on any atom is 0.187 e. The molecule has 0 aromatic heterocycles. The first-order chi connectivity index (χ1) is 11.3. The maximum atomic E-state index is 9.99. The van der Waals surface area contributed by atoms with Crippen LogP contribution in [0, 0.1) is 0 Å². The van der Waals surface area contributed by atoms with Crippen LogP contribution >= 0.6 is 0 Å². The van der Waals surface area contributed by atoms with Gasteiger partial charge in [0.25, 0.3) is 0 Å². The quantitative estimate of drug-likeness (QED) is 0.217. The zero-order valence-electron chi connectivity index (χ0n) is 12.5. The molecule has 2 aliphatic rings. The van der Waals surface area contributed by atoms with Crippen LogP contribution in [0.2, 0.25) is 0 Å². The lowest BCUT2D eigenvalue weighted by molar-refractivity contribution is -0.356. The molecule has 0 aromatic carbocycles. The molecule has 2 saturated heterocycles. The molecular formula is C12H23NO11. The van der Waals surface area contributed by atoms with Crippen molar-refractivity contribution in [1.82, 2.24) is 0 Å². The lowest BCUT2D eigenvalue weighted by atomic mass is 9.97. The van der Waals surface area contributed by atoms with E-state index in [-0.39, 0.29) is 6.61 Å². The van der Waals surface area contributed by atoms with Crippen LogP contribution in [0.5, 0.6) is 0 Å². The van der Waals surface area contributed by atoms with Crippen molar-refractivity contribution >= 4 is 0 Å². The van der Waals surface area contributed by atoms with Crippen molar-refractivity contribution in [3.63, 3.8) is 0 Å². The minimum Gasteiger partial charge on any atom is -0.394 e. The van der Waals surface area contributed by atoms with Crippen molar-refractivity contribution in [2.45, 2.75) is 61.4 Å². The monoisotopic (exact) mass is 357 g/mol. The summed E-state index contributed by atoms with van der Waals surface area (Å²) >= 11 is 0. The number of aliphatic hydroxyl groups excluding tert-OH is 7. The van der Waals surface area contributed by atoms with Crippen LogP contribution in [0.1, 0.15) is 0 Å². The Labute approximate surface area is 136 Å². The molecule has 9 N–H and O–H groups in total. The fraction of sp³-hybridized carbons (Fsp3) is 1.00. The smallest absolute Gasteiger partial charge is 0.187 e. The molecule has 2 aliphatic heterocycles. The topological polar surface area (TPSA) is 205 Å². The maximum absolute atomic E-state index is 9.99. The van der Waals surface area contributed by atoms with Gasteiger partial charge in [-0.05, 0) is 0 Å². The summed E-state index contributed by atoms with van der Waals surface area (Å²) in [6.45, 7) is -0.992. The summed E-state index contributed by atoms with van der Waals surface area (Å²) in [6, 6.07) is 0. The van der Waals surface area contributed by atoms with Gasteiger partial charge in [-0.3, -0.25) is 0 Å². The molecule has 0 aliphatic carbocycles. The van der Waals surface area contributed by atoms with Crippen LogP contribution in [-0.4, -0.2) is 110 Å². The van der Waals surface area contributed by atoms with E-state index in [9.17, 15) is 35.7 Å². The molecule has 0 unspecified atom stereocenters. The van der Waals surface area contributed by atoms with E-state index < -0.39 is 68.0 Å². The van der Waals surface area contributed by atoms with E-state index in [2.05, 4.69) is 4.84 Å². The van der Waals surface area contributed by atoms with Crippen LogP contribution in [0.3, 0.4) is 0 Å². The van der Waals surface area contributed by atoms with Crippen LogP contribution in [0.25, 0.3) is 0 Å². The van der Waals surface area contributed by atoms with Gasteiger partial charge in [-0.2, -0.15) is 0 Å². The summed E-state index contributed by atoms with van der Waals surface area (Å²) in [5.41, 5.74) is 0. The first kappa shape index (κ1) is 19.8. The molecule has 0 aromatic rings. The van der Waals surface area contributed by atoms with E-state index in [0.717, 1.165) is 0 Å². The minimum absolute atomic E-state index is 0.320. The Kier molecular flexibility index (Phi) is 6.83. The van der Waals surface area contributed by atoms with Gasteiger partial charge in [0.2, 0.25) is 0 Å². The molecule has 2 fully saturated rings. The Bertz CT molecular complexity index is 399. The van der Waals surface area contributed by atoms with Gasteiger partial charge in [-0.25, -0.2) is 5.90 Å². The molecule has 12 heteroatoms. The number of ether oxygens (including phenoxy) is 3. The number of nitrogens with two attached hydrogens (primary N) is 1. The number of aliphatic hydroxyl groups is 7. The van der Waals surface area contributed by atoms with Gasteiger partial charge in [-0.15, -0.1) is 0 Å². The van der Waals surface area contributed by atoms with E-state index in [1.54, 1.807) is 0 Å². The molecule has 2 rings (SSSR count). The molecule has 0 spiro atoms. The first-order valence-electron chi connectivity index (χ1n) is 7.29. The van der Waals surface area contributed by atoms with Gasteiger partial charge in [0, 0.05) is 0 Å². The van der Waals surface area contributed by atoms with Crippen LogP contribution in [-0.2, 0) is 19.0 Å². The largest absolute Gasteiger partial charge is 0.394 e. The van der Waals surface area contributed by atoms with Gasteiger partial charge >= 0.3 is 0 Å². The van der Waals surface area contributed by atoms with Crippen molar-refractivity contribution < 1.29 is 54.8 Å². The van der Waals surface area contributed by atoms with Gasteiger partial charge in [0.15, 0.2) is 12.6 Å². The fourth-order valence-corrected chi connectivity index (χ4v) is 2.65. The number of hydrogen-bond donors (Lipinski definition) is 8. The predicted molar refractivity (Wildman–Crippen MR) is 71.7 cm³/mol. The molecule has 0 amide bonds. The Hall–Kier alpha value is -0.480. The van der Waals surface area contributed by atoms with E-state index >= 15 is 0 Å². The second-order valence-electron chi connectivity index (χ2n) is 5.68. The SMILES string of the molecule is NOC[C@H]1O[C@@H](O[C@H]2[C@H](O)[C@@H](O)[C@@H](O)O[C@@H]2CO)[C@H](O)[C@@H](O)[C@H]1O. The molecule has 10 atom stereocenters. The molecule has 142 valence electrons. The fourth-order valence-electron chi connectivity index (χ4n) is 2.65. The van der Waals surface area contributed by atoms with E-state index in [1.165, 1.54) is 0 Å². The van der Waals surface area contributed by atoms with Crippen molar-refractivity contribution in [1.29, 1.82) is 0 Å². The Balaban J connectivity index is 2.11. The highest BCUT2D eigenvalue weighted by Gasteiger charge is 2.50. The average molecular weight is 357 g/mol. The summed E-state index contributed by atoms with van der Waals surface area (Å²) in [7, 11) is 0. The zero-order chi connectivity index (χ0) is 18.0. The first-order valence-corrected chi connectivity index (χ1v) is 7.29. The van der Waals surface area contributed by atoms with Gasteiger partial charge in [0.05, 0.1) is 13.2 Å². The van der Waals surface area contributed by atoms with Gasteiger partial charge in [-0.1, -0.05) is 0 Å². The second kappa shape index (κ2) is 8.27. The van der Waals surface area contributed by atoms with Crippen LogP contribution in [0.4, 0.5) is 0 Å². The third-order valence-corrected chi connectivity index (χ3v) is 4.06. The van der Waals surface area contributed by atoms with E-state index in [1.807, 2.05) is 0 Å². The van der Waals surface area contributed by atoms with Crippen molar-refractivity contribution in [3.05, 3.63) is 0 Å². The van der Waals surface area contributed by atoms with Crippen LogP contribution in [0.15, 0.2) is 0 Å². The molecule has 0 radical (unpaired) electrons. The third kappa shape index (κ3) is 3.85. The number of hydrogen-bond acceptors (Lipinski definition) is 12. The Morgan fingerprint density at radius 1 is 0.792 bits per heavy atom. The van der Waals surface area contributed by atoms with Crippen molar-refractivity contribution in [2.24, 2.45) is 5.90 Å². The second-order valence-corrected chi connectivity index (χ2v) is 5.68. The highest BCUT2D eigenvalue weighted by molar-refractivity contribution is 4.93. The van der Waals surface area contributed by atoms with E-state index in [4.69, 9.17) is 20.1 Å². The highest BCUT2D eigenvalue weighted by atomic mass is 16.7. The minimum atomic E-state index is -1.74. The molecule has 0 saturated carbocycles. The standard InChI is InChI=1S/C12H23NO11/c13-21-2-4-5(15)6(16)9(19)12(23-4)24-10-3(1-14)22-11(20)8(18)7(10)17/h3-12,14-20H,1-2,13H2/t3-,4-,5+,6+,7-,8-,9-,10-,11+,12+/m1/s1. The highest BCUT2D eigenvalue weighted by Crippen LogP contribution is 2.28. The summed E-state index contributed by atoms with van der Waals surface area (Å²) in [5.74, 6) is 4.90. The molecule has 0 bridgehead atoms. The Morgan fingerprint density at radius 2 is 1.46 bits per heavy atom. The Morgan fingerprint density at radius 3 is 2.04 bits per heavy atom. The van der Waals surface area contributed by atoms with E-state index in [0.29, 0.717) is 0 Å². The lowest BCUT2D eigenvalue weighted by Gasteiger charge is -2.45. The normalized spacial score (nSPS) is 50.0. The van der Waals surface area contributed by atoms with Crippen molar-refractivity contribution in [3.8, 4) is 0 Å². The number of rotatable bonds is 5. The third-order valence-electron chi connectivity index (χ3n) is 4.06. The lowest BCUT2D eigenvalue weighted by Crippen LogP contribution is -2.64. The summed E-state index contributed by atoms with van der Waals surface area (Å²) < 4.78 is 15.5. The molecule has 12 nitrogen and oxygen atoms in total. The van der Waals surface area contributed by atoms with Crippen molar-refractivity contribution in [2.75, 3.05) is 13.2 Å².